The van der Waals surface area contributed by atoms with Gasteiger partial charge in [0, 0.05) is 36.1 Å². The van der Waals surface area contributed by atoms with Crippen molar-refractivity contribution in [1.29, 1.82) is 0 Å². The predicted molar refractivity (Wildman–Crippen MR) is 200 cm³/mol. The summed E-state index contributed by atoms with van der Waals surface area (Å²) in [6.45, 7) is 3.70. The summed E-state index contributed by atoms with van der Waals surface area (Å²) in [5.74, 6) is 0.220. The van der Waals surface area contributed by atoms with Crippen LogP contribution in [0, 0.1) is 5.92 Å². The van der Waals surface area contributed by atoms with Crippen LogP contribution in [0.3, 0.4) is 0 Å². The summed E-state index contributed by atoms with van der Waals surface area (Å²) in [6.07, 6.45) is 0.192. The monoisotopic (exact) mass is 781 g/mol. The average Bonchev–Trinajstić information content (AvgIpc) is 3.14. The standard InChI is InChI=1S/C38H44BrN3O8S/c1-26(2)23-40-38(44)33(20-27-10-8-7-9-11-27)41(24-28-12-14-29(39)15-13-28)37(43)25-42(32-21-30(47-3)16-18-34(32)48-4)51(45,46)31-17-19-35(49-5)36(22-31)50-6/h7-19,21-22,26,33H,20,23-25H2,1-6H3,(H,40,44)/t33-/m0/s1. The van der Waals surface area contributed by atoms with Gasteiger partial charge in [0.15, 0.2) is 11.5 Å². The van der Waals surface area contributed by atoms with Gasteiger partial charge < -0.3 is 29.2 Å². The molecule has 272 valence electrons. The van der Waals surface area contributed by atoms with E-state index in [1.54, 1.807) is 12.1 Å². The zero-order valence-electron chi connectivity index (χ0n) is 29.6. The molecule has 51 heavy (non-hydrogen) atoms. The molecule has 0 saturated carbocycles. The third-order valence-electron chi connectivity index (χ3n) is 8.10. The first-order valence-electron chi connectivity index (χ1n) is 16.2. The van der Waals surface area contributed by atoms with Crippen LogP contribution in [-0.2, 0) is 32.6 Å². The number of amides is 2. The maximum atomic E-state index is 14.8. The fourth-order valence-electron chi connectivity index (χ4n) is 5.37. The van der Waals surface area contributed by atoms with Crippen LogP contribution in [0.15, 0.2) is 100 Å². The number of ether oxygens (including phenoxy) is 4. The Morgan fingerprint density at radius 2 is 1.41 bits per heavy atom. The van der Waals surface area contributed by atoms with Crippen LogP contribution in [0.4, 0.5) is 5.69 Å². The smallest absolute Gasteiger partial charge is 0.265 e. The molecule has 0 aliphatic carbocycles. The van der Waals surface area contributed by atoms with Crippen LogP contribution < -0.4 is 28.6 Å². The van der Waals surface area contributed by atoms with Gasteiger partial charge in [-0.2, -0.15) is 0 Å². The number of nitrogens with one attached hydrogen (secondary N) is 1. The van der Waals surface area contributed by atoms with Crippen molar-refractivity contribution >= 4 is 43.5 Å². The van der Waals surface area contributed by atoms with E-state index in [2.05, 4.69) is 21.2 Å². The maximum absolute atomic E-state index is 14.8. The summed E-state index contributed by atoms with van der Waals surface area (Å²) in [5, 5.41) is 3.00. The molecule has 0 radical (unpaired) electrons. The highest BCUT2D eigenvalue weighted by molar-refractivity contribution is 9.10. The topological polar surface area (TPSA) is 124 Å². The first-order chi connectivity index (χ1) is 24.4. The number of halogens is 1. The second-order valence-electron chi connectivity index (χ2n) is 12.1. The number of anilines is 1. The van der Waals surface area contributed by atoms with Crippen LogP contribution in [0.2, 0.25) is 0 Å². The van der Waals surface area contributed by atoms with Gasteiger partial charge in [-0.1, -0.05) is 72.2 Å². The number of carbonyl (C=O) groups excluding carboxylic acids is 2. The minimum Gasteiger partial charge on any atom is -0.497 e. The summed E-state index contributed by atoms with van der Waals surface area (Å²) in [7, 11) is 1.21. The van der Waals surface area contributed by atoms with Gasteiger partial charge in [-0.05, 0) is 53.4 Å². The molecule has 13 heteroatoms. The molecule has 0 fully saturated rings. The molecule has 4 rings (SSSR count). The van der Waals surface area contributed by atoms with E-state index < -0.39 is 28.5 Å². The summed E-state index contributed by atoms with van der Waals surface area (Å²) >= 11 is 3.46. The Balaban J connectivity index is 1.89. The lowest BCUT2D eigenvalue weighted by atomic mass is 10.0. The molecule has 0 spiro atoms. The number of hydrogen-bond donors (Lipinski definition) is 1. The molecule has 0 saturated heterocycles. The van der Waals surface area contributed by atoms with Crippen molar-refractivity contribution in [3.63, 3.8) is 0 Å². The lowest BCUT2D eigenvalue weighted by Gasteiger charge is -2.34. The van der Waals surface area contributed by atoms with Gasteiger partial charge in [-0.3, -0.25) is 13.9 Å². The number of carbonyl (C=O) groups is 2. The largest absolute Gasteiger partial charge is 0.497 e. The number of benzene rings is 4. The first-order valence-corrected chi connectivity index (χ1v) is 18.5. The third-order valence-corrected chi connectivity index (χ3v) is 10.4. The molecule has 0 bridgehead atoms. The second kappa shape index (κ2) is 18.0. The summed E-state index contributed by atoms with van der Waals surface area (Å²) in [6, 6.07) is 24.6. The quantitative estimate of drug-likeness (QED) is 0.137. The summed E-state index contributed by atoms with van der Waals surface area (Å²) in [4.78, 5) is 30.1. The van der Waals surface area contributed by atoms with E-state index in [9.17, 15) is 18.0 Å². The van der Waals surface area contributed by atoms with Gasteiger partial charge >= 0.3 is 0 Å². The van der Waals surface area contributed by atoms with Gasteiger partial charge in [-0.25, -0.2) is 8.42 Å². The average molecular weight is 783 g/mol. The van der Waals surface area contributed by atoms with Crippen molar-refractivity contribution in [2.45, 2.75) is 37.8 Å². The van der Waals surface area contributed by atoms with Crippen LogP contribution in [-0.4, -0.2) is 72.7 Å². The van der Waals surface area contributed by atoms with Crippen molar-refractivity contribution in [3.8, 4) is 23.0 Å². The molecule has 4 aromatic rings. The van der Waals surface area contributed by atoms with Crippen molar-refractivity contribution in [2.75, 3.05) is 45.8 Å². The van der Waals surface area contributed by atoms with E-state index in [-0.39, 0.29) is 46.9 Å². The van der Waals surface area contributed by atoms with Crippen LogP contribution in [0.25, 0.3) is 0 Å². The van der Waals surface area contributed by atoms with Crippen LogP contribution in [0.1, 0.15) is 25.0 Å². The number of rotatable bonds is 17. The Morgan fingerprint density at radius 3 is 2.02 bits per heavy atom. The number of methoxy groups -OCH3 is 4. The van der Waals surface area contributed by atoms with E-state index >= 15 is 0 Å². The van der Waals surface area contributed by atoms with Gasteiger partial charge in [0.05, 0.1) is 39.0 Å². The van der Waals surface area contributed by atoms with E-state index in [0.29, 0.717) is 18.0 Å². The molecule has 0 unspecified atom stereocenters. The highest BCUT2D eigenvalue weighted by atomic mass is 79.9. The zero-order chi connectivity index (χ0) is 37.1. The molecule has 0 aliphatic heterocycles. The molecule has 2 amide bonds. The number of hydrogen-bond acceptors (Lipinski definition) is 8. The van der Waals surface area contributed by atoms with Crippen molar-refractivity contribution in [2.24, 2.45) is 5.92 Å². The van der Waals surface area contributed by atoms with E-state index in [1.807, 2.05) is 68.4 Å². The lowest BCUT2D eigenvalue weighted by Crippen LogP contribution is -2.53. The lowest BCUT2D eigenvalue weighted by molar-refractivity contribution is -0.140. The molecule has 4 aromatic carbocycles. The predicted octanol–water partition coefficient (Wildman–Crippen LogP) is 6.09. The fourth-order valence-corrected chi connectivity index (χ4v) is 7.07. The van der Waals surface area contributed by atoms with Crippen LogP contribution >= 0.6 is 15.9 Å². The van der Waals surface area contributed by atoms with Gasteiger partial charge in [0.25, 0.3) is 10.0 Å². The third kappa shape index (κ3) is 9.95. The fraction of sp³-hybridized carbons (Fsp3) is 0.316. The highest BCUT2D eigenvalue weighted by Gasteiger charge is 2.36. The van der Waals surface area contributed by atoms with E-state index in [0.717, 1.165) is 19.9 Å². The van der Waals surface area contributed by atoms with Gasteiger partial charge in [0.2, 0.25) is 11.8 Å². The molecule has 0 aromatic heterocycles. The molecular formula is C38H44BrN3O8S. The Hall–Kier alpha value is -4.75. The summed E-state index contributed by atoms with van der Waals surface area (Å²) < 4.78 is 53.0. The minimum absolute atomic E-state index is 0.0260. The Labute approximate surface area is 308 Å². The molecule has 11 nitrogen and oxygen atoms in total. The minimum atomic E-state index is -4.49. The number of nitrogens with zero attached hydrogens (tertiary/aromatic N) is 2. The normalized spacial score (nSPS) is 11.8. The summed E-state index contributed by atoms with van der Waals surface area (Å²) in [5.41, 5.74) is 1.64. The molecular weight excluding hydrogens is 738 g/mol. The van der Waals surface area contributed by atoms with Gasteiger partial charge in [0.1, 0.15) is 24.1 Å². The first kappa shape index (κ1) is 39.0. The zero-order valence-corrected chi connectivity index (χ0v) is 32.0. The maximum Gasteiger partial charge on any atom is 0.265 e. The number of sulfonamides is 1. The second-order valence-corrected chi connectivity index (χ2v) is 14.8. The Bertz CT molecular complexity index is 1890. The van der Waals surface area contributed by atoms with E-state index in [1.165, 1.54) is 57.6 Å². The molecule has 1 atom stereocenters. The Kier molecular flexibility index (Phi) is 13.7. The van der Waals surface area contributed by atoms with Crippen molar-refractivity contribution in [3.05, 3.63) is 107 Å². The highest BCUT2D eigenvalue weighted by Crippen LogP contribution is 2.38. The molecule has 0 aliphatic rings. The SMILES string of the molecule is COc1ccc(OC)c(N(CC(=O)N(Cc2ccc(Br)cc2)[C@@H](Cc2ccccc2)C(=O)NCC(C)C)S(=O)(=O)c2ccc(OC)c(OC)c2)c1. The Morgan fingerprint density at radius 1 is 0.765 bits per heavy atom. The van der Waals surface area contributed by atoms with E-state index in [4.69, 9.17) is 18.9 Å². The molecule has 1 N–H and O–H groups in total. The van der Waals surface area contributed by atoms with Crippen molar-refractivity contribution < 1.29 is 37.0 Å². The van der Waals surface area contributed by atoms with Gasteiger partial charge in [-0.15, -0.1) is 0 Å². The molecule has 0 heterocycles. The van der Waals surface area contributed by atoms with Crippen LogP contribution in [0.5, 0.6) is 23.0 Å². The van der Waals surface area contributed by atoms with Crippen molar-refractivity contribution in [1.82, 2.24) is 10.2 Å².